The van der Waals surface area contributed by atoms with E-state index in [0.29, 0.717) is 24.0 Å². The fourth-order valence-electron chi connectivity index (χ4n) is 2.85. The van der Waals surface area contributed by atoms with Gasteiger partial charge in [0.15, 0.2) is 11.5 Å². The van der Waals surface area contributed by atoms with Crippen LogP contribution in [0.25, 0.3) is 0 Å². The molecule has 0 heterocycles. The number of hydrogen-bond donors (Lipinski definition) is 1. The van der Waals surface area contributed by atoms with E-state index in [1.807, 2.05) is 18.2 Å². The predicted octanol–water partition coefficient (Wildman–Crippen LogP) is 4.20. The highest BCUT2D eigenvalue weighted by molar-refractivity contribution is 5.50. The average molecular weight is 329 g/mol. The molecule has 2 aromatic carbocycles. The van der Waals surface area contributed by atoms with Gasteiger partial charge in [-0.15, -0.1) is 0 Å². The fourth-order valence-corrected chi connectivity index (χ4v) is 2.85. The second-order valence-electron chi connectivity index (χ2n) is 6.03. The SMILES string of the molecule is COc1cc(OC)c(OC)cc1CN[C@H](c1ccccc1)C(C)C. The summed E-state index contributed by atoms with van der Waals surface area (Å²) in [5.41, 5.74) is 2.32. The molecular formula is C20H27NO3. The molecule has 1 atom stereocenters. The molecule has 0 aliphatic carbocycles. The van der Waals surface area contributed by atoms with E-state index in [-0.39, 0.29) is 6.04 Å². The van der Waals surface area contributed by atoms with Crippen LogP contribution >= 0.6 is 0 Å². The molecule has 0 saturated carbocycles. The van der Waals surface area contributed by atoms with Crippen LogP contribution in [0.1, 0.15) is 31.0 Å². The Morgan fingerprint density at radius 3 is 1.96 bits per heavy atom. The van der Waals surface area contributed by atoms with Crippen LogP contribution in [0.15, 0.2) is 42.5 Å². The van der Waals surface area contributed by atoms with Gasteiger partial charge in [0.2, 0.25) is 0 Å². The first-order valence-electron chi connectivity index (χ1n) is 8.17. The van der Waals surface area contributed by atoms with Gasteiger partial charge in [0.05, 0.1) is 21.3 Å². The molecular weight excluding hydrogens is 302 g/mol. The molecule has 0 aromatic heterocycles. The van der Waals surface area contributed by atoms with Gasteiger partial charge in [-0.25, -0.2) is 0 Å². The van der Waals surface area contributed by atoms with Crippen LogP contribution in [-0.4, -0.2) is 21.3 Å². The molecule has 2 aromatic rings. The van der Waals surface area contributed by atoms with Crippen molar-refractivity contribution < 1.29 is 14.2 Å². The van der Waals surface area contributed by atoms with Crippen molar-refractivity contribution >= 4 is 0 Å². The second-order valence-corrected chi connectivity index (χ2v) is 6.03. The average Bonchev–Trinajstić information content (AvgIpc) is 2.61. The van der Waals surface area contributed by atoms with Crippen molar-refractivity contribution in [2.45, 2.75) is 26.4 Å². The van der Waals surface area contributed by atoms with Gasteiger partial charge in [0.1, 0.15) is 5.75 Å². The van der Waals surface area contributed by atoms with E-state index in [2.05, 4.69) is 43.4 Å². The summed E-state index contributed by atoms with van der Waals surface area (Å²) < 4.78 is 16.3. The Balaban J connectivity index is 2.23. The third kappa shape index (κ3) is 4.20. The number of methoxy groups -OCH3 is 3. The molecule has 0 unspecified atom stereocenters. The highest BCUT2D eigenvalue weighted by Gasteiger charge is 2.17. The zero-order valence-corrected chi connectivity index (χ0v) is 15.1. The maximum Gasteiger partial charge on any atom is 0.164 e. The molecule has 0 fully saturated rings. The van der Waals surface area contributed by atoms with Crippen molar-refractivity contribution in [2.24, 2.45) is 5.92 Å². The molecule has 0 amide bonds. The smallest absolute Gasteiger partial charge is 0.164 e. The topological polar surface area (TPSA) is 39.7 Å². The minimum absolute atomic E-state index is 0.268. The van der Waals surface area contributed by atoms with Crippen molar-refractivity contribution in [1.29, 1.82) is 0 Å². The first-order chi connectivity index (χ1) is 11.6. The molecule has 130 valence electrons. The molecule has 0 aliphatic rings. The van der Waals surface area contributed by atoms with E-state index in [4.69, 9.17) is 14.2 Å². The second kappa shape index (κ2) is 8.60. The lowest BCUT2D eigenvalue weighted by atomic mass is 9.96. The van der Waals surface area contributed by atoms with E-state index in [1.54, 1.807) is 21.3 Å². The Kier molecular flexibility index (Phi) is 6.50. The molecule has 2 rings (SSSR count). The normalized spacial score (nSPS) is 12.1. The third-order valence-electron chi connectivity index (χ3n) is 4.12. The van der Waals surface area contributed by atoms with E-state index in [1.165, 1.54) is 5.56 Å². The Bertz CT molecular complexity index is 641. The summed E-state index contributed by atoms with van der Waals surface area (Å²) in [5, 5.41) is 3.64. The molecule has 0 spiro atoms. The number of ether oxygens (including phenoxy) is 3. The van der Waals surface area contributed by atoms with Gasteiger partial charge < -0.3 is 19.5 Å². The summed E-state index contributed by atoms with van der Waals surface area (Å²) in [6.45, 7) is 5.12. The van der Waals surface area contributed by atoms with Gasteiger partial charge in [0, 0.05) is 24.2 Å². The van der Waals surface area contributed by atoms with E-state index >= 15 is 0 Å². The molecule has 0 radical (unpaired) electrons. The number of benzene rings is 2. The number of nitrogens with one attached hydrogen (secondary N) is 1. The molecule has 0 bridgehead atoms. The first-order valence-corrected chi connectivity index (χ1v) is 8.17. The van der Waals surface area contributed by atoms with Crippen LogP contribution in [0.3, 0.4) is 0 Å². The van der Waals surface area contributed by atoms with Gasteiger partial charge in [-0.3, -0.25) is 0 Å². The van der Waals surface area contributed by atoms with Crippen LogP contribution in [0.5, 0.6) is 17.2 Å². The monoisotopic (exact) mass is 329 g/mol. The van der Waals surface area contributed by atoms with Crippen molar-refractivity contribution in [2.75, 3.05) is 21.3 Å². The van der Waals surface area contributed by atoms with Gasteiger partial charge in [-0.1, -0.05) is 44.2 Å². The fraction of sp³-hybridized carbons (Fsp3) is 0.400. The van der Waals surface area contributed by atoms with Crippen LogP contribution in [0.2, 0.25) is 0 Å². The lowest BCUT2D eigenvalue weighted by Crippen LogP contribution is -2.25. The predicted molar refractivity (Wildman–Crippen MR) is 97.0 cm³/mol. The zero-order valence-electron chi connectivity index (χ0n) is 15.1. The third-order valence-corrected chi connectivity index (χ3v) is 4.12. The Morgan fingerprint density at radius 2 is 1.42 bits per heavy atom. The molecule has 24 heavy (non-hydrogen) atoms. The lowest BCUT2D eigenvalue weighted by molar-refractivity contribution is 0.345. The molecule has 0 aliphatic heterocycles. The summed E-state index contributed by atoms with van der Waals surface area (Å²) in [7, 11) is 4.93. The maximum absolute atomic E-state index is 5.51. The quantitative estimate of drug-likeness (QED) is 0.788. The largest absolute Gasteiger partial charge is 0.496 e. The molecule has 1 N–H and O–H groups in total. The van der Waals surface area contributed by atoms with Crippen molar-refractivity contribution in [3.05, 3.63) is 53.6 Å². The number of hydrogen-bond acceptors (Lipinski definition) is 4. The van der Waals surface area contributed by atoms with Crippen molar-refractivity contribution in [3.8, 4) is 17.2 Å². The van der Waals surface area contributed by atoms with Crippen LogP contribution in [0.4, 0.5) is 0 Å². The van der Waals surface area contributed by atoms with Crippen LogP contribution in [0, 0.1) is 5.92 Å². The molecule has 0 saturated heterocycles. The minimum Gasteiger partial charge on any atom is -0.496 e. The van der Waals surface area contributed by atoms with Gasteiger partial charge in [0.25, 0.3) is 0 Å². The van der Waals surface area contributed by atoms with E-state index < -0.39 is 0 Å². The van der Waals surface area contributed by atoms with Crippen molar-refractivity contribution in [1.82, 2.24) is 5.32 Å². The zero-order chi connectivity index (χ0) is 17.5. The maximum atomic E-state index is 5.51. The lowest BCUT2D eigenvalue weighted by Gasteiger charge is -2.24. The summed E-state index contributed by atoms with van der Waals surface area (Å²) in [6.07, 6.45) is 0. The van der Waals surface area contributed by atoms with E-state index in [0.717, 1.165) is 11.3 Å². The molecule has 4 heteroatoms. The minimum atomic E-state index is 0.268. The van der Waals surface area contributed by atoms with Crippen LogP contribution < -0.4 is 19.5 Å². The van der Waals surface area contributed by atoms with Gasteiger partial charge in [-0.05, 0) is 17.5 Å². The Labute approximate surface area is 144 Å². The Hall–Kier alpha value is -2.20. The summed E-state index contributed by atoms with van der Waals surface area (Å²) >= 11 is 0. The standard InChI is InChI=1S/C20H27NO3/c1-14(2)20(15-9-7-6-8-10-15)21-13-16-11-18(23-4)19(24-5)12-17(16)22-3/h6-12,14,20-21H,13H2,1-5H3/t20-/m0/s1. The van der Waals surface area contributed by atoms with Gasteiger partial charge >= 0.3 is 0 Å². The molecule has 4 nitrogen and oxygen atoms in total. The van der Waals surface area contributed by atoms with E-state index in [9.17, 15) is 0 Å². The highest BCUT2D eigenvalue weighted by atomic mass is 16.5. The van der Waals surface area contributed by atoms with Crippen LogP contribution in [-0.2, 0) is 6.54 Å². The highest BCUT2D eigenvalue weighted by Crippen LogP contribution is 2.35. The summed E-state index contributed by atoms with van der Waals surface area (Å²) in [4.78, 5) is 0. The van der Waals surface area contributed by atoms with Crippen molar-refractivity contribution in [3.63, 3.8) is 0 Å². The summed E-state index contributed by atoms with van der Waals surface area (Å²) in [6, 6.07) is 14.6. The number of rotatable bonds is 8. The Morgan fingerprint density at radius 1 is 0.833 bits per heavy atom. The first kappa shape index (κ1) is 18.1. The van der Waals surface area contributed by atoms with Gasteiger partial charge in [-0.2, -0.15) is 0 Å². The summed E-state index contributed by atoms with van der Waals surface area (Å²) in [5.74, 6) is 2.63.